The zero-order chi connectivity index (χ0) is 17.2. The van der Waals surface area contributed by atoms with Crippen LogP contribution >= 0.6 is 0 Å². The maximum Gasteiger partial charge on any atom is 0.426 e. The minimum Gasteiger partial charge on any atom is -0.443 e. The molecule has 1 aliphatic rings. The first kappa shape index (κ1) is 16.6. The lowest BCUT2D eigenvalue weighted by Gasteiger charge is -2.30. The Balaban J connectivity index is 2.10. The van der Waals surface area contributed by atoms with Gasteiger partial charge in [-0.25, -0.2) is 20.0 Å². The van der Waals surface area contributed by atoms with Gasteiger partial charge in [-0.15, -0.1) is 0 Å². The molecular weight excluding hydrogens is 302 g/mol. The van der Waals surface area contributed by atoms with Gasteiger partial charge in [0.05, 0.1) is 6.54 Å². The van der Waals surface area contributed by atoms with Gasteiger partial charge in [0, 0.05) is 18.2 Å². The van der Waals surface area contributed by atoms with Crippen molar-refractivity contribution in [1.82, 2.24) is 10.4 Å². The molecule has 0 unspecified atom stereocenters. The number of hydrogen-bond donors (Lipinski definition) is 2. The zero-order valence-corrected chi connectivity index (χ0v) is 13.4. The lowest BCUT2D eigenvalue weighted by Crippen LogP contribution is -2.51. The molecule has 23 heavy (non-hydrogen) atoms. The minimum atomic E-state index is -0.729. The molecule has 0 aromatic heterocycles. The maximum absolute atomic E-state index is 12.0. The van der Waals surface area contributed by atoms with Crippen molar-refractivity contribution in [2.24, 2.45) is 0 Å². The van der Waals surface area contributed by atoms with Crippen LogP contribution in [0.15, 0.2) is 18.2 Å². The van der Waals surface area contributed by atoms with Gasteiger partial charge in [-0.1, -0.05) is 0 Å². The van der Waals surface area contributed by atoms with Gasteiger partial charge in [0.15, 0.2) is 0 Å². The number of carbonyl (C=O) groups excluding carboxylic acids is 3. The smallest absolute Gasteiger partial charge is 0.426 e. The molecule has 3 amide bonds. The first-order valence-corrected chi connectivity index (χ1v) is 7.03. The molecule has 0 saturated heterocycles. The summed E-state index contributed by atoms with van der Waals surface area (Å²) < 4.78 is 10.1. The number of fused-ring (bicyclic) bond motifs is 1. The Morgan fingerprint density at radius 1 is 1.30 bits per heavy atom. The van der Waals surface area contributed by atoms with Crippen LogP contribution in [0.5, 0.6) is 5.75 Å². The molecule has 124 valence electrons. The molecule has 0 atom stereocenters. The van der Waals surface area contributed by atoms with E-state index in [-0.39, 0.29) is 6.54 Å². The van der Waals surface area contributed by atoms with E-state index >= 15 is 0 Å². The first-order valence-electron chi connectivity index (χ1n) is 7.03. The quantitative estimate of drug-likeness (QED) is 0.644. The van der Waals surface area contributed by atoms with Gasteiger partial charge in [-0.05, 0) is 39.0 Å². The van der Waals surface area contributed by atoms with Crippen LogP contribution in [0.2, 0.25) is 0 Å². The Hall–Kier alpha value is -2.77. The van der Waals surface area contributed by atoms with E-state index in [1.54, 1.807) is 39.0 Å². The summed E-state index contributed by atoms with van der Waals surface area (Å²) in [7, 11) is 0. The highest BCUT2D eigenvalue weighted by atomic mass is 16.6. The molecule has 0 radical (unpaired) electrons. The van der Waals surface area contributed by atoms with Crippen LogP contribution in [0.3, 0.4) is 0 Å². The number of nitrogens with zero attached hydrogens (tertiary/aromatic N) is 1. The molecule has 8 nitrogen and oxygen atoms in total. The third-order valence-electron chi connectivity index (χ3n) is 2.78. The predicted molar refractivity (Wildman–Crippen MR) is 81.7 cm³/mol. The summed E-state index contributed by atoms with van der Waals surface area (Å²) in [5.41, 5.74) is 2.99. The van der Waals surface area contributed by atoms with Crippen molar-refractivity contribution in [3.05, 3.63) is 23.8 Å². The van der Waals surface area contributed by atoms with Crippen molar-refractivity contribution in [2.75, 3.05) is 5.32 Å². The van der Waals surface area contributed by atoms with Crippen molar-refractivity contribution in [1.29, 1.82) is 0 Å². The average molecular weight is 321 g/mol. The topological polar surface area (TPSA) is 97.0 Å². The fourth-order valence-electron chi connectivity index (χ4n) is 1.98. The van der Waals surface area contributed by atoms with E-state index in [2.05, 4.69) is 10.7 Å². The van der Waals surface area contributed by atoms with Gasteiger partial charge < -0.3 is 14.8 Å². The van der Waals surface area contributed by atoms with Crippen molar-refractivity contribution in [2.45, 2.75) is 39.8 Å². The second-order valence-electron chi connectivity index (χ2n) is 6.04. The van der Waals surface area contributed by atoms with E-state index in [9.17, 15) is 14.4 Å². The number of carbonyl (C=O) groups is 3. The fourth-order valence-corrected chi connectivity index (χ4v) is 1.98. The van der Waals surface area contributed by atoms with Crippen LogP contribution in [0.4, 0.5) is 15.3 Å². The molecule has 0 fully saturated rings. The third kappa shape index (κ3) is 4.60. The zero-order valence-electron chi connectivity index (χ0n) is 13.4. The van der Waals surface area contributed by atoms with Gasteiger partial charge >= 0.3 is 18.1 Å². The highest BCUT2D eigenvalue weighted by Crippen LogP contribution is 2.27. The number of anilines is 1. The van der Waals surface area contributed by atoms with Crippen molar-refractivity contribution >= 4 is 23.8 Å². The lowest BCUT2D eigenvalue weighted by atomic mass is 10.1. The molecule has 0 saturated carbocycles. The van der Waals surface area contributed by atoms with Crippen molar-refractivity contribution < 1.29 is 23.9 Å². The first-order chi connectivity index (χ1) is 10.6. The normalized spacial score (nSPS) is 13.7. The predicted octanol–water partition coefficient (Wildman–Crippen LogP) is 2.40. The van der Waals surface area contributed by atoms with Gasteiger partial charge in [-0.2, -0.15) is 0 Å². The number of nitrogens with one attached hydrogen (secondary N) is 2. The summed E-state index contributed by atoms with van der Waals surface area (Å²) in [6.45, 7) is 6.60. The molecular formula is C15H19N3O5. The van der Waals surface area contributed by atoms with E-state index in [4.69, 9.17) is 9.47 Å². The Morgan fingerprint density at radius 3 is 2.61 bits per heavy atom. The number of hydrazine groups is 1. The summed E-state index contributed by atoms with van der Waals surface area (Å²) in [6, 6.07) is 4.36. The number of esters is 1. The summed E-state index contributed by atoms with van der Waals surface area (Å²) >= 11 is 0. The van der Waals surface area contributed by atoms with E-state index in [0.717, 1.165) is 5.01 Å². The fraction of sp³-hybridized carbons (Fsp3) is 0.400. The van der Waals surface area contributed by atoms with Crippen molar-refractivity contribution in [3.63, 3.8) is 0 Å². The van der Waals surface area contributed by atoms with E-state index in [1.807, 2.05) is 0 Å². The number of hydrogen-bond acceptors (Lipinski definition) is 5. The van der Waals surface area contributed by atoms with Crippen LogP contribution in [-0.2, 0) is 16.1 Å². The molecule has 0 bridgehead atoms. The number of ether oxygens (including phenoxy) is 2. The molecule has 2 rings (SSSR count). The molecule has 8 heteroatoms. The standard InChI is InChI=1S/C15H19N3O5/c1-9(19)22-11-5-6-12-10(7-11)8-18(13(20)16-12)17-14(21)23-15(2,3)4/h5-7H,8H2,1-4H3,(H,16,20)(H,17,21). The van der Waals surface area contributed by atoms with Crippen LogP contribution < -0.4 is 15.5 Å². The molecule has 1 heterocycles. The summed E-state index contributed by atoms with van der Waals surface area (Å²) in [4.78, 5) is 34.8. The second kappa shape index (κ2) is 6.15. The van der Waals surface area contributed by atoms with Gasteiger partial charge in [0.2, 0.25) is 0 Å². The Kier molecular flexibility index (Phi) is 4.44. The average Bonchev–Trinajstić information content (AvgIpc) is 2.37. The second-order valence-corrected chi connectivity index (χ2v) is 6.04. The number of amides is 3. The van der Waals surface area contributed by atoms with Crippen LogP contribution in [0, 0.1) is 0 Å². The van der Waals surface area contributed by atoms with E-state index in [1.165, 1.54) is 6.92 Å². The lowest BCUT2D eigenvalue weighted by molar-refractivity contribution is -0.131. The molecule has 2 N–H and O–H groups in total. The molecule has 0 aliphatic carbocycles. The SMILES string of the molecule is CC(=O)Oc1ccc2c(c1)CN(NC(=O)OC(C)(C)C)C(=O)N2. The highest BCUT2D eigenvalue weighted by molar-refractivity contribution is 5.93. The Bertz CT molecular complexity index is 651. The number of urea groups is 1. The van der Waals surface area contributed by atoms with Gasteiger partial charge in [0.1, 0.15) is 11.4 Å². The van der Waals surface area contributed by atoms with E-state index in [0.29, 0.717) is 17.0 Å². The monoisotopic (exact) mass is 321 g/mol. The molecule has 0 spiro atoms. The van der Waals surface area contributed by atoms with Crippen molar-refractivity contribution in [3.8, 4) is 5.75 Å². The number of benzene rings is 1. The van der Waals surface area contributed by atoms with Crippen LogP contribution in [-0.4, -0.2) is 28.7 Å². The largest absolute Gasteiger partial charge is 0.443 e. The van der Waals surface area contributed by atoms with Crippen LogP contribution in [0.1, 0.15) is 33.3 Å². The molecule has 1 aliphatic heterocycles. The van der Waals surface area contributed by atoms with Gasteiger partial charge in [-0.3, -0.25) is 4.79 Å². The molecule has 1 aromatic carbocycles. The highest BCUT2D eigenvalue weighted by Gasteiger charge is 2.26. The Morgan fingerprint density at radius 2 is 2.00 bits per heavy atom. The molecule has 1 aromatic rings. The maximum atomic E-state index is 12.0. The Labute approximate surface area is 133 Å². The summed E-state index contributed by atoms with van der Waals surface area (Å²) in [6.07, 6.45) is -0.729. The third-order valence-corrected chi connectivity index (χ3v) is 2.78. The van der Waals surface area contributed by atoms with Crippen LogP contribution in [0.25, 0.3) is 0 Å². The summed E-state index contributed by atoms with van der Waals surface area (Å²) in [5.74, 6) is -0.0712. The summed E-state index contributed by atoms with van der Waals surface area (Å²) in [5, 5.41) is 3.73. The van der Waals surface area contributed by atoms with Gasteiger partial charge in [0.25, 0.3) is 0 Å². The minimum absolute atomic E-state index is 0.121. The number of rotatable bonds is 2. The van der Waals surface area contributed by atoms with E-state index < -0.39 is 23.7 Å².